The van der Waals surface area contributed by atoms with Gasteiger partial charge in [-0.05, 0) is 23.8 Å². The molecule has 1 N–H and O–H groups in total. The molecule has 156 valence electrons. The summed E-state index contributed by atoms with van der Waals surface area (Å²) >= 11 is 0. The number of anilines is 1. The number of hydrogen-bond acceptors (Lipinski definition) is 5. The van der Waals surface area contributed by atoms with Gasteiger partial charge in [0.15, 0.2) is 0 Å². The second-order valence-electron chi connectivity index (χ2n) is 7.42. The van der Waals surface area contributed by atoms with Crippen LogP contribution >= 0.6 is 0 Å². The van der Waals surface area contributed by atoms with Crippen molar-refractivity contribution in [2.45, 2.75) is 13.0 Å². The highest BCUT2D eigenvalue weighted by atomic mass is 19.1. The molecule has 2 aliphatic rings. The molecule has 7 nitrogen and oxygen atoms in total. The highest BCUT2D eigenvalue weighted by Crippen LogP contribution is 2.29. The summed E-state index contributed by atoms with van der Waals surface area (Å²) in [5.74, 6) is 0.324. The fourth-order valence-electron chi connectivity index (χ4n) is 3.65. The monoisotopic (exact) mass is 410 g/mol. The number of carbonyl (C=O) groups is 2. The zero-order chi connectivity index (χ0) is 21.3. The summed E-state index contributed by atoms with van der Waals surface area (Å²) in [5, 5.41) is 2.62. The molecule has 30 heavy (non-hydrogen) atoms. The van der Waals surface area contributed by atoms with Gasteiger partial charge in [-0.1, -0.05) is 24.3 Å². The second-order valence-corrected chi connectivity index (χ2v) is 7.42. The Kier molecular flexibility index (Phi) is 5.39. The predicted octanol–water partition coefficient (Wildman–Crippen LogP) is 2.65. The highest BCUT2D eigenvalue weighted by Gasteiger charge is 2.32. The molecular weight excluding hydrogens is 387 g/mol. The zero-order valence-corrected chi connectivity index (χ0v) is 16.9. The summed E-state index contributed by atoms with van der Waals surface area (Å²) < 4.78 is 20.1. The van der Waals surface area contributed by atoms with E-state index in [2.05, 4.69) is 15.2 Å². The van der Waals surface area contributed by atoms with Gasteiger partial charge < -0.3 is 15.0 Å². The first-order valence-electron chi connectivity index (χ1n) is 9.81. The van der Waals surface area contributed by atoms with Crippen molar-refractivity contribution in [2.24, 2.45) is 4.99 Å². The molecule has 1 fully saturated rings. The molecule has 2 aromatic carbocycles. The van der Waals surface area contributed by atoms with E-state index in [-0.39, 0.29) is 19.0 Å². The third-order valence-corrected chi connectivity index (χ3v) is 5.23. The summed E-state index contributed by atoms with van der Waals surface area (Å²) in [4.78, 5) is 31.1. The maximum atomic E-state index is 14.9. The molecule has 2 aliphatic heterocycles. The maximum Gasteiger partial charge on any atom is 0.414 e. The van der Waals surface area contributed by atoms with E-state index < -0.39 is 18.0 Å². The van der Waals surface area contributed by atoms with Crippen LogP contribution in [-0.2, 0) is 9.53 Å². The van der Waals surface area contributed by atoms with Gasteiger partial charge in [0.05, 0.1) is 25.3 Å². The van der Waals surface area contributed by atoms with Crippen molar-refractivity contribution >= 4 is 23.5 Å². The molecule has 1 saturated heterocycles. The van der Waals surface area contributed by atoms with E-state index >= 15 is 0 Å². The van der Waals surface area contributed by atoms with Gasteiger partial charge in [-0.25, -0.2) is 9.18 Å². The fourth-order valence-corrected chi connectivity index (χ4v) is 3.65. The lowest BCUT2D eigenvalue weighted by molar-refractivity contribution is -0.119. The van der Waals surface area contributed by atoms with Crippen molar-refractivity contribution in [3.8, 4) is 11.1 Å². The van der Waals surface area contributed by atoms with Gasteiger partial charge in [0.1, 0.15) is 17.8 Å². The van der Waals surface area contributed by atoms with Crippen molar-refractivity contribution in [3.05, 3.63) is 53.8 Å². The quantitative estimate of drug-likeness (QED) is 0.823. The van der Waals surface area contributed by atoms with Crippen molar-refractivity contribution in [3.63, 3.8) is 0 Å². The van der Waals surface area contributed by atoms with Crippen LogP contribution in [0.25, 0.3) is 11.1 Å². The molecule has 0 aliphatic carbocycles. The van der Waals surface area contributed by atoms with Crippen LogP contribution in [0.1, 0.15) is 12.5 Å². The molecule has 0 saturated carbocycles. The van der Waals surface area contributed by atoms with Crippen molar-refractivity contribution in [1.29, 1.82) is 0 Å². The predicted molar refractivity (Wildman–Crippen MR) is 112 cm³/mol. The fraction of sp³-hybridized carbons (Fsp3) is 0.318. The van der Waals surface area contributed by atoms with Crippen molar-refractivity contribution < 1.29 is 18.7 Å². The van der Waals surface area contributed by atoms with Gasteiger partial charge in [0, 0.05) is 31.6 Å². The Morgan fingerprint density at radius 3 is 2.60 bits per heavy atom. The van der Waals surface area contributed by atoms with E-state index in [0.29, 0.717) is 11.3 Å². The number of cyclic esters (lactones) is 1. The van der Waals surface area contributed by atoms with E-state index in [1.54, 1.807) is 12.1 Å². The Morgan fingerprint density at radius 1 is 1.23 bits per heavy atom. The number of aliphatic imine (C=N–C) groups is 1. The number of amidine groups is 1. The third-order valence-electron chi connectivity index (χ3n) is 5.23. The topological polar surface area (TPSA) is 74.2 Å². The number of ether oxygens (including phenoxy) is 1. The molecule has 0 bridgehead atoms. The highest BCUT2D eigenvalue weighted by molar-refractivity contribution is 6.00. The Hall–Kier alpha value is -3.42. The lowest BCUT2D eigenvalue weighted by Gasteiger charge is -2.15. The number of hydrogen-bond donors (Lipinski definition) is 1. The molecule has 2 heterocycles. The molecule has 8 heteroatoms. The lowest BCUT2D eigenvalue weighted by Crippen LogP contribution is -2.33. The first kappa shape index (κ1) is 19.9. The molecule has 0 radical (unpaired) electrons. The number of amides is 2. The van der Waals surface area contributed by atoms with Gasteiger partial charge in [0.25, 0.3) is 0 Å². The lowest BCUT2D eigenvalue weighted by atomic mass is 10.0. The molecule has 2 amide bonds. The number of likely N-dealkylation sites (N-methyl/N-ethyl adjacent to an activating group) is 1. The number of halogens is 1. The van der Waals surface area contributed by atoms with E-state index in [1.165, 1.54) is 17.9 Å². The summed E-state index contributed by atoms with van der Waals surface area (Å²) in [6.45, 7) is 3.56. The third kappa shape index (κ3) is 3.98. The van der Waals surface area contributed by atoms with Crippen LogP contribution in [0.15, 0.2) is 47.5 Å². The molecule has 0 aromatic heterocycles. The molecule has 4 rings (SSSR count). The molecular formula is C22H23FN4O3. The van der Waals surface area contributed by atoms with Crippen LogP contribution in [-0.4, -0.2) is 62.1 Å². The minimum atomic E-state index is -0.552. The Labute approximate surface area is 174 Å². The standard InChI is InChI=1S/C22H23FN4O3/c1-14(28)25-12-18-13-27(22(29)30-18)17-7-8-19(20(23)11-17)15-3-5-16(6-4-15)21-24-9-10-26(21)2/h3-8,11,18H,9-10,12-13H2,1-2H3,(H,25,28). The Morgan fingerprint density at radius 2 is 1.97 bits per heavy atom. The molecule has 1 atom stereocenters. The average Bonchev–Trinajstić information content (AvgIpc) is 3.32. The summed E-state index contributed by atoms with van der Waals surface area (Å²) in [6, 6.07) is 12.3. The molecule has 0 spiro atoms. The minimum absolute atomic E-state index is 0.197. The first-order valence-corrected chi connectivity index (χ1v) is 9.81. The van der Waals surface area contributed by atoms with Crippen LogP contribution in [0, 0.1) is 5.82 Å². The van der Waals surface area contributed by atoms with Gasteiger partial charge >= 0.3 is 6.09 Å². The van der Waals surface area contributed by atoms with Gasteiger partial charge in [-0.15, -0.1) is 0 Å². The van der Waals surface area contributed by atoms with Crippen LogP contribution in [0.3, 0.4) is 0 Å². The smallest absolute Gasteiger partial charge is 0.414 e. The number of nitrogens with zero attached hydrogens (tertiary/aromatic N) is 3. The number of benzene rings is 2. The maximum absolute atomic E-state index is 14.9. The van der Waals surface area contributed by atoms with Crippen molar-refractivity contribution in [2.75, 3.05) is 38.1 Å². The molecule has 2 aromatic rings. The number of rotatable bonds is 5. The van der Waals surface area contributed by atoms with Crippen molar-refractivity contribution in [1.82, 2.24) is 10.2 Å². The Bertz CT molecular complexity index is 1010. The van der Waals surface area contributed by atoms with E-state index in [1.807, 2.05) is 31.3 Å². The van der Waals surface area contributed by atoms with Gasteiger partial charge in [-0.2, -0.15) is 0 Å². The van der Waals surface area contributed by atoms with Crippen LogP contribution < -0.4 is 10.2 Å². The number of carbonyl (C=O) groups excluding carboxylic acids is 2. The van der Waals surface area contributed by atoms with Gasteiger partial charge in [0.2, 0.25) is 5.91 Å². The van der Waals surface area contributed by atoms with Crippen LogP contribution in [0.5, 0.6) is 0 Å². The minimum Gasteiger partial charge on any atom is -0.442 e. The zero-order valence-electron chi connectivity index (χ0n) is 16.9. The average molecular weight is 410 g/mol. The number of nitrogens with one attached hydrogen (secondary N) is 1. The SMILES string of the molecule is CC(=O)NCC1CN(c2ccc(-c3ccc(C4=NCCN4C)cc3)c(F)c2)C(=O)O1. The van der Waals surface area contributed by atoms with E-state index in [9.17, 15) is 14.0 Å². The van der Waals surface area contributed by atoms with E-state index in [0.717, 1.165) is 30.1 Å². The summed E-state index contributed by atoms with van der Waals surface area (Å²) in [5.41, 5.74) is 2.62. The van der Waals surface area contributed by atoms with E-state index in [4.69, 9.17) is 4.74 Å². The normalized spacial score (nSPS) is 18.4. The van der Waals surface area contributed by atoms with Gasteiger partial charge in [-0.3, -0.25) is 14.7 Å². The van der Waals surface area contributed by atoms with Crippen LogP contribution in [0.2, 0.25) is 0 Å². The van der Waals surface area contributed by atoms with Crippen LogP contribution in [0.4, 0.5) is 14.9 Å². The Balaban J connectivity index is 1.50. The second kappa shape index (κ2) is 8.14. The molecule has 1 unspecified atom stereocenters. The first-order chi connectivity index (χ1) is 14.4. The summed E-state index contributed by atoms with van der Waals surface area (Å²) in [7, 11) is 2.00. The summed E-state index contributed by atoms with van der Waals surface area (Å²) in [6.07, 6.45) is -1.02. The largest absolute Gasteiger partial charge is 0.442 e.